The molecule has 0 bridgehead atoms. The lowest BCUT2D eigenvalue weighted by Crippen LogP contribution is -2.37. The highest BCUT2D eigenvalue weighted by atomic mass is 32.2. The fourth-order valence-electron chi connectivity index (χ4n) is 4.65. The van der Waals surface area contributed by atoms with Crippen molar-refractivity contribution in [3.63, 3.8) is 0 Å². The minimum Gasteiger partial charge on any atom is -0.355 e. The summed E-state index contributed by atoms with van der Waals surface area (Å²) in [5.41, 5.74) is 6.29. The van der Waals surface area contributed by atoms with Crippen molar-refractivity contribution in [1.29, 1.82) is 0 Å². The number of nitrogens with zero attached hydrogens (tertiary/aromatic N) is 1. The quantitative estimate of drug-likeness (QED) is 0.460. The van der Waals surface area contributed by atoms with E-state index in [1.807, 2.05) is 11.8 Å². The van der Waals surface area contributed by atoms with Gasteiger partial charge in [0.15, 0.2) is 0 Å². The fourth-order valence-corrected chi connectivity index (χ4v) is 6.68. The molecule has 3 aromatic carbocycles. The van der Waals surface area contributed by atoms with Gasteiger partial charge in [-0.25, -0.2) is 0 Å². The van der Waals surface area contributed by atoms with E-state index in [-0.39, 0.29) is 4.87 Å². The molecule has 2 aliphatic heterocycles. The fraction of sp³-hybridized carbons (Fsp3) is 0.136. The van der Waals surface area contributed by atoms with E-state index in [9.17, 15) is 0 Å². The Hall–Kier alpha value is -2.30. The van der Waals surface area contributed by atoms with Gasteiger partial charge in [-0.2, -0.15) is 0 Å². The van der Waals surface area contributed by atoms with Crippen LogP contribution in [0.25, 0.3) is 21.8 Å². The lowest BCUT2D eigenvalue weighted by Gasteiger charge is -2.34. The number of hydrogen-bond donors (Lipinski definition) is 1. The largest absolute Gasteiger partial charge is 0.355 e. The first kappa shape index (κ1) is 14.8. The molecule has 1 aromatic heterocycles. The van der Waals surface area contributed by atoms with E-state index < -0.39 is 0 Å². The van der Waals surface area contributed by atoms with E-state index in [1.54, 1.807) is 0 Å². The normalized spacial score (nSPS) is 21.5. The molecule has 26 heavy (non-hydrogen) atoms. The Morgan fingerprint density at radius 3 is 2.62 bits per heavy atom. The average Bonchev–Trinajstić information content (AvgIpc) is 3.34. The first-order chi connectivity index (χ1) is 12.8. The van der Waals surface area contributed by atoms with Crippen LogP contribution in [0.5, 0.6) is 0 Å². The molecule has 3 heterocycles. The van der Waals surface area contributed by atoms with Crippen molar-refractivity contribution in [2.45, 2.75) is 4.87 Å². The van der Waals surface area contributed by atoms with Gasteiger partial charge in [0, 0.05) is 50.8 Å². The van der Waals surface area contributed by atoms with Crippen molar-refractivity contribution in [2.24, 2.45) is 0 Å². The maximum atomic E-state index is 5.89. The highest BCUT2D eigenvalue weighted by Crippen LogP contribution is 2.57. The number of fused-ring (bicyclic) bond motifs is 6. The van der Waals surface area contributed by atoms with Crippen LogP contribution in [0, 0.1) is 0 Å². The van der Waals surface area contributed by atoms with Gasteiger partial charge in [-0.05, 0) is 12.1 Å². The number of aromatic amines is 1. The van der Waals surface area contributed by atoms with E-state index in [2.05, 4.69) is 76.6 Å². The molecular formula is C22H16N2S2. The second-order valence-corrected chi connectivity index (χ2v) is 8.57. The smallest absolute Gasteiger partial charge is 0.140 e. The number of hydrogen-bond acceptors (Lipinski definition) is 2. The number of H-pyrrole nitrogens is 1. The second-order valence-electron chi connectivity index (χ2n) is 6.89. The van der Waals surface area contributed by atoms with Crippen LogP contribution >= 0.6 is 24.0 Å². The predicted octanol–water partition coefficient (Wildman–Crippen LogP) is 5.26. The van der Waals surface area contributed by atoms with E-state index in [0.29, 0.717) is 0 Å². The van der Waals surface area contributed by atoms with Gasteiger partial charge in [-0.15, -0.1) is 11.8 Å². The number of para-hydroxylation sites is 1. The van der Waals surface area contributed by atoms with Crippen molar-refractivity contribution < 1.29 is 0 Å². The highest BCUT2D eigenvalue weighted by Gasteiger charge is 2.53. The third kappa shape index (κ3) is 1.67. The molecular weight excluding hydrogens is 356 g/mol. The Morgan fingerprint density at radius 1 is 0.885 bits per heavy atom. The molecule has 1 unspecified atom stereocenters. The van der Waals surface area contributed by atoms with Crippen LogP contribution in [0.1, 0.15) is 16.7 Å². The van der Waals surface area contributed by atoms with E-state index in [4.69, 9.17) is 12.2 Å². The molecule has 6 rings (SSSR count). The molecule has 0 saturated carbocycles. The molecule has 1 saturated heterocycles. The number of aromatic nitrogens is 1. The highest BCUT2D eigenvalue weighted by molar-refractivity contribution is 8.00. The molecule has 4 heteroatoms. The molecule has 1 fully saturated rings. The third-order valence-corrected chi connectivity index (χ3v) is 7.57. The SMILES string of the molecule is S=C1c2ccccc2C2(c3cccc4[nH]c5ccccc5c34)SCCN12. The number of thioether (sulfide) groups is 1. The van der Waals surface area contributed by atoms with Gasteiger partial charge in [-0.3, -0.25) is 0 Å². The lowest BCUT2D eigenvalue weighted by atomic mass is 9.93. The maximum Gasteiger partial charge on any atom is 0.140 e. The average molecular weight is 373 g/mol. The Bertz CT molecular complexity index is 1210. The van der Waals surface area contributed by atoms with Crippen LogP contribution in [-0.2, 0) is 4.87 Å². The Kier molecular flexibility index (Phi) is 2.92. The van der Waals surface area contributed by atoms with Gasteiger partial charge in [0.2, 0.25) is 0 Å². The van der Waals surface area contributed by atoms with E-state index in [0.717, 1.165) is 17.3 Å². The molecule has 126 valence electrons. The minimum absolute atomic E-state index is 0.210. The van der Waals surface area contributed by atoms with Crippen molar-refractivity contribution >= 4 is 50.8 Å². The van der Waals surface area contributed by atoms with Gasteiger partial charge in [0.25, 0.3) is 0 Å². The Morgan fingerprint density at radius 2 is 1.65 bits per heavy atom. The van der Waals surface area contributed by atoms with Crippen molar-refractivity contribution in [3.8, 4) is 0 Å². The molecule has 2 nitrogen and oxygen atoms in total. The molecule has 0 radical (unpaired) electrons. The summed E-state index contributed by atoms with van der Waals surface area (Å²) in [6, 6.07) is 23.9. The summed E-state index contributed by atoms with van der Waals surface area (Å²) in [5, 5.41) is 2.61. The molecule has 0 aliphatic carbocycles. The molecule has 4 aromatic rings. The van der Waals surface area contributed by atoms with Crippen LogP contribution in [0.3, 0.4) is 0 Å². The molecule has 0 amide bonds. The van der Waals surface area contributed by atoms with Crippen molar-refractivity contribution in [3.05, 3.63) is 83.4 Å². The number of thiocarbonyl (C=S) groups is 1. The summed E-state index contributed by atoms with van der Waals surface area (Å²) >= 11 is 7.90. The topological polar surface area (TPSA) is 19.0 Å². The standard InChI is InChI=1S/C22H16N2S2/c25-21-14-6-1-3-8-16(14)22(24(21)12-13-26-22)17-9-5-11-19-20(17)15-7-2-4-10-18(15)23-19/h1-11,23H,12-13H2. The van der Waals surface area contributed by atoms with Gasteiger partial charge in [0.1, 0.15) is 9.86 Å². The minimum atomic E-state index is -0.210. The molecule has 2 aliphatic rings. The zero-order valence-electron chi connectivity index (χ0n) is 14.0. The van der Waals surface area contributed by atoms with Crippen LogP contribution in [0.15, 0.2) is 66.7 Å². The zero-order chi connectivity index (χ0) is 17.3. The van der Waals surface area contributed by atoms with Gasteiger partial charge >= 0.3 is 0 Å². The lowest BCUT2D eigenvalue weighted by molar-refractivity contribution is 0.389. The summed E-state index contributed by atoms with van der Waals surface area (Å²) in [5.74, 6) is 1.09. The molecule has 0 spiro atoms. The van der Waals surface area contributed by atoms with Crippen molar-refractivity contribution in [2.75, 3.05) is 12.3 Å². The summed E-state index contributed by atoms with van der Waals surface area (Å²) in [4.78, 5) is 6.81. The van der Waals surface area contributed by atoms with Crippen LogP contribution < -0.4 is 0 Å². The maximum absolute atomic E-state index is 5.89. The zero-order valence-corrected chi connectivity index (χ0v) is 15.7. The number of benzene rings is 3. The Balaban J connectivity index is 1.77. The monoisotopic (exact) mass is 372 g/mol. The van der Waals surface area contributed by atoms with E-state index >= 15 is 0 Å². The van der Waals surface area contributed by atoms with Gasteiger partial charge in [-0.1, -0.05) is 66.8 Å². The van der Waals surface area contributed by atoms with E-state index in [1.165, 1.54) is 38.5 Å². The van der Waals surface area contributed by atoms with Gasteiger partial charge < -0.3 is 9.88 Å². The third-order valence-electron chi connectivity index (χ3n) is 5.67. The summed E-state index contributed by atoms with van der Waals surface area (Å²) in [6.07, 6.45) is 0. The van der Waals surface area contributed by atoms with Gasteiger partial charge in [0.05, 0.1) is 0 Å². The van der Waals surface area contributed by atoms with Crippen molar-refractivity contribution in [1.82, 2.24) is 9.88 Å². The Labute approximate surface area is 161 Å². The molecule has 1 atom stereocenters. The van der Waals surface area contributed by atoms with Crippen LogP contribution in [-0.4, -0.2) is 27.2 Å². The number of rotatable bonds is 1. The molecule has 1 N–H and O–H groups in total. The van der Waals surface area contributed by atoms with Crippen LogP contribution in [0.4, 0.5) is 0 Å². The first-order valence-corrected chi connectivity index (χ1v) is 10.3. The van der Waals surface area contributed by atoms with Crippen LogP contribution in [0.2, 0.25) is 0 Å². The summed E-state index contributed by atoms with van der Waals surface area (Å²) in [7, 11) is 0. The predicted molar refractivity (Wildman–Crippen MR) is 114 cm³/mol. The summed E-state index contributed by atoms with van der Waals surface area (Å²) < 4.78 is 0. The number of nitrogens with one attached hydrogen (secondary N) is 1. The second kappa shape index (κ2) is 5.12. The summed E-state index contributed by atoms with van der Waals surface area (Å²) in [6.45, 7) is 0.997. The first-order valence-electron chi connectivity index (χ1n) is 8.86.